The van der Waals surface area contributed by atoms with Crippen LogP contribution in [0, 0.1) is 18.8 Å². The smallest absolute Gasteiger partial charge is 0.0393 e. The zero-order chi connectivity index (χ0) is 14.3. The number of hydrogen-bond donors (Lipinski definition) is 1. The Morgan fingerprint density at radius 3 is 2.42 bits per heavy atom. The summed E-state index contributed by atoms with van der Waals surface area (Å²) in [6, 6.07) is 8.60. The van der Waals surface area contributed by atoms with Crippen LogP contribution in [0.5, 0.6) is 0 Å². The highest BCUT2D eigenvalue weighted by atomic mass is 15.1. The summed E-state index contributed by atoms with van der Waals surface area (Å²) in [5, 5.41) is 0. The van der Waals surface area contributed by atoms with E-state index in [0.29, 0.717) is 0 Å². The van der Waals surface area contributed by atoms with Gasteiger partial charge in [0, 0.05) is 19.3 Å². The molecule has 2 nitrogen and oxygen atoms in total. The maximum absolute atomic E-state index is 5.70. The van der Waals surface area contributed by atoms with Crippen LogP contribution < -0.4 is 10.6 Å². The third-order valence-electron chi connectivity index (χ3n) is 4.08. The highest BCUT2D eigenvalue weighted by Crippen LogP contribution is 2.22. The summed E-state index contributed by atoms with van der Waals surface area (Å²) in [6.45, 7) is 8.74. The average molecular weight is 262 g/mol. The maximum atomic E-state index is 5.70. The number of nitrogens with two attached hydrogens (primary N) is 1. The van der Waals surface area contributed by atoms with Gasteiger partial charge in [-0.05, 0) is 56.2 Å². The lowest BCUT2D eigenvalue weighted by atomic mass is 9.88. The molecule has 0 fully saturated rings. The molecule has 0 heterocycles. The molecule has 2 N–H and O–H groups in total. The fraction of sp³-hybridized carbons (Fsp3) is 0.647. The Labute approximate surface area is 119 Å². The van der Waals surface area contributed by atoms with Gasteiger partial charge >= 0.3 is 0 Å². The summed E-state index contributed by atoms with van der Waals surface area (Å²) in [4.78, 5) is 2.37. The molecule has 0 aliphatic carbocycles. The van der Waals surface area contributed by atoms with Crippen molar-refractivity contribution in [2.24, 2.45) is 17.6 Å². The van der Waals surface area contributed by atoms with Crippen LogP contribution in [0.3, 0.4) is 0 Å². The molecule has 0 saturated heterocycles. The molecule has 0 aliphatic rings. The number of aryl methyl sites for hydroxylation is 1. The van der Waals surface area contributed by atoms with Crippen molar-refractivity contribution in [1.82, 2.24) is 0 Å². The van der Waals surface area contributed by atoms with Gasteiger partial charge in [0.25, 0.3) is 0 Å². The molecule has 1 aromatic rings. The topological polar surface area (TPSA) is 29.3 Å². The molecule has 0 saturated carbocycles. The molecule has 19 heavy (non-hydrogen) atoms. The molecule has 1 unspecified atom stereocenters. The summed E-state index contributed by atoms with van der Waals surface area (Å²) >= 11 is 0. The maximum Gasteiger partial charge on any atom is 0.0393 e. The van der Waals surface area contributed by atoms with Crippen molar-refractivity contribution >= 4 is 5.69 Å². The van der Waals surface area contributed by atoms with Crippen molar-refractivity contribution in [3.05, 3.63) is 29.8 Å². The van der Waals surface area contributed by atoms with Crippen molar-refractivity contribution < 1.29 is 0 Å². The van der Waals surface area contributed by atoms with Gasteiger partial charge in [0.15, 0.2) is 0 Å². The Morgan fingerprint density at radius 2 is 1.84 bits per heavy atom. The normalized spacial score (nSPS) is 12.7. The molecule has 108 valence electrons. The lowest BCUT2D eigenvalue weighted by molar-refractivity contribution is 0.334. The van der Waals surface area contributed by atoms with Gasteiger partial charge in [-0.15, -0.1) is 0 Å². The fourth-order valence-electron chi connectivity index (χ4n) is 2.73. The van der Waals surface area contributed by atoms with Crippen molar-refractivity contribution in [3.8, 4) is 0 Å². The second-order valence-corrected chi connectivity index (χ2v) is 5.93. The monoisotopic (exact) mass is 262 g/mol. The molecule has 2 heteroatoms. The molecular weight excluding hydrogens is 232 g/mol. The van der Waals surface area contributed by atoms with E-state index in [2.05, 4.69) is 57.0 Å². The number of nitrogens with zero attached hydrogens (tertiary/aromatic N) is 1. The van der Waals surface area contributed by atoms with E-state index in [4.69, 9.17) is 5.73 Å². The first kappa shape index (κ1) is 16.0. The van der Waals surface area contributed by atoms with Gasteiger partial charge in [0.2, 0.25) is 0 Å². The van der Waals surface area contributed by atoms with Crippen LogP contribution in [0.25, 0.3) is 0 Å². The van der Waals surface area contributed by atoms with E-state index in [0.717, 1.165) is 31.3 Å². The number of para-hydroxylation sites is 1. The Bertz CT molecular complexity index is 360. The van der Waals surface area contributed by atoms with Crippen LogP contribution in [-0.2, 0) is 0 Å². The largest absolute Gasteiger partial charge is 0.374 e. The second kappa shape index (κ2) is 8.21. The number of anilines is 1. The predicted octanol–water partition coefficient (Wildman–Crippen LogP) is 3.83. The van der Waals surface area contributed by atoms with Crippen molar-refractivity contribution in [2.75, 3.05) is 25.0 Å². The molecule has 0 spiro atoms. The molecule has 1 rings (SSSR count). The van der Waals surface area contributed by atoms with Crippen molar-refractivity contribution in [2.45, 2.75) is 40.0 Å². The van der Waals surface area contributed by atoms with E-state index >= 15 is 0 Å². The summed E-state index contributed by atoms with van der Waals surface area (Å²) in [5.41, 5.74) is 8.40. The lowest BCUT2D eigenvalue weighted by Gasteiger charge is -2.24. The van der Waals surface area contributed by atoms with Gasteiger partial charge in [0.05, 0.1) is 0 Å². The Kier molecular flexibility index (Phi) is 6.93. The van der Waals surface area contributed by atoms with Gasteiger partial charge in [-0.1, -0.05) is 32.0 Å². The highest BCUT2D eigenvalue weighted by Gasteiger charge is 2.12. The molecule has 1 aromatic carbocycles. The van der Waals surface area contributed by atoms with Crippen LogP contribution in [0.4, 0.5) is 5.69 Å². The first-order valence-electron chi connectivity index (χ1n) is 7.53. The van der Waals surface area contributed by atoms with E-state index in [9.17, 15) is 0 Å². The summed E-state index contributed by atoms with van der Waals surface area (Å²) in [5.74, 6) is 1.52. The van der Waals surface area contributed by atoms with Crippen LogP contribution in [-0.4, -0.2) is 20.1 Å². The van der Waals surface area contributed by atoms with E-state index in [-0.39, 0.29) is 0 Å². The Hall–Kier alpha value is -1.02. The Morgan fingerprint density at radius 1 is 1.16 bits per heavy atom. The molecule has 0 radical (unpaired) electrons. The van der Waals surface area contributed by atoms with Crippen LogP contribution in [0.1, 0.15) is 38.7 Å². The number of benzene rings is 1. The molecule has 1 atom stereocenters. The van der Waals surface area contributed by atoms with E-state index in [1.165, 1.54) is 24.1 Å². The van der Waals surface area contributed by atoms with Gasteiger partial charge in [-0.25, -0.2) is 0 Å². The van der Waals surface area contributed by atoms with Gasteiger partial charge in [0.1, 0.15) is 0 Å². The third kappa shape index (κ3) is 5.23. The third-order valence-corrected chi connectivity index (χ3v) is 4.08. The van der Waals surface area contributed by atoms with Crippen molar-refractivity contribution in [1.29, 1.82) is 0 Å². The predicted molar refractivity (Wildman–Crippen MR) is 85.7 cm³/mol. The average Bonchev–Trinajstić information content (AvgIpc) is 2.37. The van der Waals surface area contributed by atoms with Crippen LogP contribution in [0.2, 0.25) is 0 Å². The number of hydrogen-bond acceptors (Lipinski definition) is 2. The van der Waals surface area contributed by atoms with Crippen LogP contribution in [0.15, 0.2) is 24.3 Å². The molecule has 0 bridgehead atoms. The zero-order valence-electron chi connectivity index (χ0n) is 13.0. The quantitative estimate of drug-likeness (QED) is 0.771. The van der Waals surface area contributed by atoms with Gasteiger partial charge < -0.3 is 10.6 Å². The SMILES string of the molecule is Cc1ccccc1N(C)CCCC(CCN)C(C)C. The van der Waals surface area contributed by atoms with E-state index in [1.807, 2.05) is 0 Å². The molecule has 0 amide bonds. The first-order valence-corrected chi connectivity index (χ1v) is 7.53. The van der Waals surface area contributed by atoms with Gasteiger partial charge in [-0.3, -0.25) is 0 Å². The van der Waals surface area contributed by atoms with E-state index in [1.54, 1.807) is 0 Å². The minimum absolute atomic E-state index is 0.743. The van der Waals surface area contributed by atoms with Gasteiger partial charge in [-0.2, -0.15) is 0 Å². The number of rotatable bonds is 8. The molecule has 0 aliphatic heterocycles. The standard InChI is InChI=1S/C17H30N2/c1-14(2)16(11-12-18)9-7-13-19(4)17-10-6-5-8-15(17)3/h5-6,8,10,14,16H,7,9,11-13,18H2,1-4H3. The minimum atomic E-state index is 0.743. The summed E-state index contributed by atoms with van der Waals surface area (Å²) in [6.07, 6.45) is 3.69. The van der Waals surface area contributed by atoms with Crippen molar-refractivity contribution in [3.63, 3.8) is 0 Å². The molecule has 0 aromatic heterocycles. The second-order valence-electron chi connectivity index (χ2n) is 5.93. The summed E-state index contributed by atoms with van der Waals surface area (Å²) in [7, 11) is 2.19. The highest BCUT2D eigenvalue weighted by molar-refractivity contribution is 5.52. The lowest BCUT2D eigenvalue weighted by Crippen LogP contribution is -2.21. The first-order chi connectivity index (χ1) is 9.06. The molecular formula is C17H30N2. The van der Waals surface area contributed by atoms with Crippen LogP contribution >= 0.6 is 0 Å². The fourth-order valence-corrected chi connectivity index (χ4v) is 2.73. The summed E-state index contributed by atoms with van der Waals surface area (Å²) < 4.78 is 0. The van der Waals surface area contributed by atoms with E-state index < -0.39 is 0 Å². The Balaban J connectivity index is 2.42. The zero-order valence-corrected chi connectivity index (χ0v) is 13.0. The minimum Gasteiger partial charge on any atom is -0.374 e.